The smallest absolute Gasteiger partial charge is 0.224 e. The minimum absolute atomic E-state index is 0.0578. The summed E-state index contributed by atoms with van der Waals surface area (Å²) in [6.07, 6.45) is 3.34. The molecule has 1 aliphatic heterocycles. The van der Waals surface area contributed by atoms with Gasteiger partial charge in [-0.25, -0.2) is 4.98 Å². The lowest BCUT2D eigenvalue weighted by Crippen LogP contribution is -2.18. The second kappa shape index (κ2) is 5.41. The average molecular weight is 284 g/mol. The van der Waals surface area contributed by atoms with Crippen molar-refractivity contribution >= 4 is 27.5 Å². The average Bonchev–Trinajstić information content (AvgIpc) is 2.74. The van der Waals surface area contributed by atoms with E-state index in [1.165, 1.54) is 0 Å². The molecule has 0 spiro atoms. The van der Waals surface area contributed by atoms with Crippen molar-refractivity contribution in [1.29, 1.82) is 0 Å². The number of carbonyl (C=O) groups excluding carboxylic acids is 1. The van der Waals surface area contributed by atoms with E-state index < -0.39 is 0 Å². The van der Waals surface area contributed by atoms with Crippen molar-refractivity contribution in [2.45, 2.75) is 12.8 Å². The molecule has 1 aromatic rings. The fourth-order valence-electron chi connectivity index (χ4n) is 1.83. The summed E-state index contributed by atoms with van der Waals surface area (Å²) in [6, 6.07) is 3.64. The number of aromatic nitrogens is 1. The van der Waals surface area contributed by atoms with E-state index in [-0.39, 0.29) is 5.91 Å². The lowest BCUT2D eigenvalue weighted by Gasteiger charge is -2.09. The van der Waals surface area contributed by atoms with Crippen molar-refractivity contribution in [1.82, 2.24) is 10.3 Å². The van der Waals surface area contributed by atoms with E-state index in [2.05, 4.69) is 31.5 Å². The van der Waals surface area contributed by atoms with Gasteiger partial charge in [-0.3, -0.25) is 4.79 Å². The number of pyridine rings is 1. The standard InChI is InChI=1S/C11H14BrN3O/c12-11-9(2-1-4-14-11)15-10(16)6-8-3-5-13-7-8/h1-2,4,8,13H,3,5-7H2,(H,15,16). The van der Waals surface area contributed by atoms with Crippen LogP contribution >= 0.6 is 15.9 Å². The van der Waals surface area contributed by atoms with Crippen LogP contribution in [0.2, 0.25) is 0 Å². The number of nitrogens with one attached hydrogen (secondary N) is 2. The molecule has 1 aromatic heterocycles. The SMILES string of the molecule is O=C(CC1CCNC1)Nc1cccnc1Br. The van der Waals surface area contributed by atoms with Crippen molar-refractivity contribution in [2.75, 3.05) is 18.4 Å². The van der Waals surface area contributed by atoms with E-state index >= 15 is 0 Å². The van der Waals surface area contributed by atoms with Gasteiger partial charge in [-0.15, -0.1) is 0 Å². The van der Waals surface area contributed by atoms with Gasteiger partial charge in [-0.05, 0) is 53.5 Å². The summed E-state index contributed by atoms with van der Waals surface area (Å²) in [4.78, 5) is 15.8. The highest BCUT2D eigenvalue weighted by molar-refractivity contribution is 9.10. The lowest BCUT2D eigenvalue weighted by atomic mass is 10.0. The molecule has 2 N–H and O–H groups in total. The number of rotatable bonds is 3. The summed E-state index contributed by atoms with van der Waals surface area (Å²) >= 11 is 3.30. The summed E-state index contributed by atoms with van der Waals surface area (Å²) in [5, 5.41) is 6.11. The maximum Gasteiger partial charge on any atom is 0.224 e. The molecule has 16 heavy (non-hydrogen) atoms. The molecule has 1 amide bonds. The molecule has 0 aromatic carbocycles. The molecular weight excluding hydrogens is 270 g/mol. The Kier molecular flexibility index (Phi) is 3.90. The zero-order valence-corrected chi connectivity index (χ0v) is 10.5. The molecule has 5 heteroatoms. The van der Waals surface area contributed by atoms with E-state index in [1.807, 2.05) is 6.07 Å². The van der Waals surface area contributed by atoms with Crippen LogP contribution in [0.3, 0.4) is 0 Å². The van der Waals surface area contributed by atoms with E-state index in [1.54, 1.807) is 12.3 Å². The Morgan fingerprint density at radius 2 is 2.56 bits per heavy atom. The van der Waals surface area contributed by atoms with Crippen LogP contribution in [-0.2, 0) is 4.79 Å². The highest BCUT2D eigenvalue weighted by Crippen LogP contribution is 2.19. The maximum absolute atomic E-state index is 11.7. The normalized spacial score (nSPS) is 19.7. The molecule has 2 heterocycles. The lowest BCUT2D eigenvalue weighted by molar-refractivity contribution is -0.116. The summed E-state index contributed by atoms with van der Waals surface area (Å²) in [6.45, 7) is 1.97. The number of hydrogen-bond acceptors (Lipinski definition) is 3. The van der Waals surface area contributed by atoms with Crippen molar-refractivity contribution in [3.05, 3.63) is 22.9 Å². The van der Waals surface area contributed by atoms with Crippen LogP contribution in [0, 0.1) is 5.92 Å². The largest absolute Gasteiger partial charge is 0.324 e. The molecule has 86 valence electrons. The van der Waals surface area contributed by atoms with Gasteiger partial charge in [-0.2, -0.15) is 0 Å². The van der Waals surface area contributed by atoms with Crippen LogP contribution in [0.25, 0.3) is 0 Å². The molecule has 4 nitrogen and oxygen atoms in total. The van der Waals surface area contributed by atoms with E-state index in [0.29, 0.717) is 16.9 Å². The highest BCUT2D eigenvalue weighted by Gasteiger charge is 2.18. The molecule has 1 unspecified atom stereocenters. The van der Waals surface area contributed by atoms with Gasteiger partial charge < -0.3 is 10.6 Å². The fraction of sp³-hybridized carbons (Fsp3) is 0.455. The third-order valence-corrected chi connectivity index (χ3v) is 3.30. The molecule has 0 bridgehead atoms. The fourth-order valence-corrected chi connectivity index (χ4v) is 2.18. The van der Waals surface area contributed by atoms with Crippen LogP contribution in [0.1, 0.15) is 12.8 Å². The molecule has 1 atom stereocenters. The number of hydrogen-bond donors (Lipinski definition) is 2. The van der Waals surface area contributed by atoms with Gasteiger partial charge >= 0.3 is 0 Å². The zero-order chi connectivity index (χ0) is 11.4. The molecule has 0 radical (unpaired) electrons. The van der Waals surface area contributed by atoms with Crippen LogP contribution in [0.4, 0.5) is 5.69 Å². The predicted octanol–water partition coefficient (Wildman–Crippen LogP) is 1.78. The Balaban J connectivity index is 1.89. The van der Waals surface area contributed by atoms with Gasteiger partial charge in [0.1, 0.15) is 4.60 Å². The van der Waals surface area contributed by atoms with E-state index in [0.717, 1.165) is 25.2 Å². The van der Waals surface area contributed by atoms with Crippen LogP contribution in [0.15, 0.2) is 22.9 Å². The first kappa shape index (κ1) is 11.5. The maximum atomic E-state index is 11.7. The van der Waals surface area contributed by atoms with Crippen molar-refractivity contribution in [3.63, 3.8) is 0 Å². The third-order valence-electron chi connectivity index (χ3n) is 2.67. The first-order chi connectivity index (χ1) is 7.75. The predicted molar refractivity (Wildman–Crippen MR) is 66.2 cm³/mol. The first-order valence-corrected chi connectivity index (χ1v) is 6.16. The van der Waals surface area contributed by atoms with Gasteiger partial charge in [-0.1, -0.05) is 0 Å². The van der Waals surface area contributed by atoms with Crippen LogP contribution in [-0.4, -0.2) is 24.0 Å². The topological polar surface area (TPSA) is 54.0 Å². The monoisotopic (exact) mass is 283 g/mol. The second-order valence-corrected chi connectivity index (χ2v) is 4.70. The van der Waals surface area contributed by atoms with E-state index in [9.17, 15) is 4.79 Å². The summed E-state index contributed by atoms with van der Waals surface area (Å²) < 4.78 is 0.674. The van der Waals surface area contributed by atoms with Gasteiger partial charge in [0, 0.05) is 12.6 Å². The van der Waals surface area contributed by atoms with Gasteiger partial charge in [0.2, 0.25) is 5.91 Å². The number of amides is 1. The van der Waals surface area contributed by atoms with E-state index in [4.69, 9.17) is 0 Å². The molecule has 1 aliphatic rings. The van der Waals surface area contributed by atoms with Gasteiger partial charge in [0.25, 0.3) is 0 Å². The summed E-state index contributed by atoms with van der Waals surface area (Å²) in [7, 11) is 0. The van der Waals surface area contributed by atoms with Crippen molar-refractivity contribution in [2.24, 2.45) is 5.92 Å². The molecular formula is C11H14BrN3O. The Hall–Kier alpha value is -0.940. The molecule has 0 saturated carbocycles. The third kappa shape index (κ3) is 3.02. The minimum Gasteiger partial charge on any atom is -0.324 e. The van der Waals surface area contributed by atoms with Crippen LogP contribution in [0.5, 0.6) is 0 Å². The number of anilines is 1. The zero-order valence-electron chi connectivity index (χ0n) is 8.87. The minimum atomic E-state index is 0.0578. The van der Waals surface area contributed by atoms with Crippen LogP contribution < -0.4 is 10.6 Å². The second-order valence-electron chi connectivity index (χ2n) is 3.95. The summed E-state index contributed by atoms with van der Waals surface area (Å²) in [5.41, 5.74) is 0.735. The Bertz CT molecular complexity index is 377. The molecule has 0 aliphatic carbocycles. The van der Waals surface area contributed by atoms with Gasteiger partial charge in [0.15, 0.2) is 0 Å². The first-order valence-electron chi connectivity index (χ1n) is 5.37. The highest BCUT2D eigenvalue weighted by atomic mass is 79.9. The van der Waals surface area contributed by atoms with Crippen molar-refractivity contribution < 1.29 is 4.79 Å². The number of carbonyl (C=O) groups is 1. The Labute approximate surface area is 103 Å². The van der Waals surface area contributed by atoms with Gasteiger partial charge in [0.05, 0.1) is 5.69 Å². The quantitative estimate of drug-likeness (QED) is 0.832. The van der Waals surface area contributed by atoms with Crippen molar-refractivity contribution in [3.8, 4) is 0 Å². The number of halogens is 1. The summed E-state index contributed by atoms with van der Waals surface area (Å²) in [5.74, 6) is 0.526. The number of nitrogens with zero attached hydrogens (tertiary/aromatic N) is 1. The molecule has 2 rings (SSSR count). The molecule has 1 saturated heterocycles. The molecule has 1 fully saturated rings. The Morgan fingerprint density at radius 3 is 3.25 bits per heavy atom. The Morgan fingerprint density at radius 1 is 1.69 bits per heavy atom.